The van der Waals surface area contributed by atoms with Gasteiger partial charge in [0, 0.05) is 11.7 Å². The Bertz CT molecular complexity index is 512. The fourth-order valence-electron chi connectivity index (χ4n) is 2.72. The van der Waals surface area contributed by atoms with Crippen LogP contribution in [0.1, 0.15) is 25.7 Å². The molecule has 0 heterocycles. The highest BCUT2D eigenvalue weighted by Gasteiger charge is 2.27. The number of halogens is 2. The number of aliphatic hydroxyl groups excluding tert-OH is 1. The van der Waals surface area contributed by atoms with Crippen molar-refractivity contribution in [2.75, 3.05) is 18.9 Å². The minimum absolute atomic E-state index is 0.0151. The fourth-order valence-corrected chi connectivity index (χ4v) is 2.90. The van der Waals surface area contributed by atoms with Crippen molar-refractivity contribution in [1.29, 1.82) is 0 Å². The molecule has 1 aliphatic rings. The van der Waals surface area contributed by atoms with E-state index in [4.69, 9.17) is 11.6 Å². The summed E-state index contributed by atoms with van der Waals surface area (Å²) in [6.07, 6.45) is 3.40. The second-order valence-corrected chi connectivity index (χ2v) is 5.92. The molecule has 1 saturated carbocycles. The summed E-state index contributed by atoms with van der Waals surface area (Å²) >= 11 is 5.67. The Morgan fingerprint density at radius 3 is 2.86 bits per heavy atom. The van der Waals surface area contributed by atoms with Crippen molar-refractivity contribution < 1.29 is 14.3 Å². The molecule has 1 aromatic carbocycles. The third kappa shape index (κ3) is 4.40. The first kappa shape index (κ1) is 16.2. The van der Waals surface area contributed by atoms with E-state index in [-0.39, 0.29) is 29.6 Å². The average molecular weight is 315 g/mol. The van der Waals surface area contributed by atoms with E-state index in [1.165, 1.54) is 18.2 Å². The van der Waals surface area contributed by atoms with Crippen molar-refractivity contribution in [3.8, 4) is 0 Å². The van der Waals surface area contributed by atoms with Gasteiger partial charge in [0.25, 0.3) is 0 Å². The Hall–Kier alpha value is -1.17. The van der Waals surface area contributed by atoms with Crippen molar-refractivity contribution >= 4 is 23.2 Å². The molecule has 2 unspecified atom stereocenters. The molecule has 2 rings (SSSR count). The molecule has 21 heavy (non-hydrogen) atoms. The van der Waals surface area contributed by atoms with Crippen LogP contribution in [0.25, 0.3) is 0 Å². The summed E-state index contributed by atoms with van der Waals surface area (Å²) in [5.74, 6) is -0.727. The van der Waals surface area contributed by atoms with Gasteiger partial charge in [0.15, 0.2) is 0 Å². The lowest BCUT2D eigenvalue weighted by atomic mass is 9.91. The highest BCUT2D eigenvalue weighted by molar-refractivity contribution is 6.31. The molecule has 116 valence electrons. The highest BCUT2D eigenvalue weighted by atomic mass is 35.5. The molecule has 1 aromatic rings. The quantitative estimate of drug-likeness (QED) is 0.898. The fraction of sp³-hybridized carbons (Fsp3) is 0.533. The summed E-state index contributed by atoms with van der Waals surface area (Å²) in [7, 11) is 1.83. The van der Waals surface area contributed by atoms with E-state index >= 15 is 0 Å². The van der Waals surface area contributed by atoms with E-state index in [2.05, 4.69) is 5.32 Å². The molecule has 2 N–H and O–H groups in total. The number of anilines is 1. The number of likely N-dealkylation sites (N-methyl/N-ethyl adjacent to an activating group) is 1. The Labute approximate surface area is 128 Å². The first-order valence-electron chi connectivity index (χ1n) is 7.10. The highest BCUT2D eigenvalue weighted by Crippen LogP contribution is 2.22. The molecule has 0 aliphatic heterocycles. The van der Waals surface area contributed by atoms with Gasteiger partial charge < -0.3 is 10.4 Å². The second-order valence-electron chi connectivity index (χ2n) is 5.51. The minimum atomic E-state index is -0.517. The van der Waals surface area contributed by atoms with Crippen LogP contribution in [0, 0.1) is 5.82 Å². The van der Waals surface area contributed by atoms with Crippen LogP contribution in [0.4, 0.5) is 10.1 Å². The summed E-state index contributed by atoms with van der Waals surface area (Å²) in [6, 6.07) is 4.08. The third-order valence-corrected chi connectivity index (χ3v) is 4.15. The van der Waals surface area contributed by atoms with Crippen molar-refractivity contribution in [1.82, 2.24) is 4.90 Å². The van der Waals surface area contributed by atoms with Crippen LogP contribution in [-0.2, 0) is 4.79 Å². The first-order chi connectivity index (χ1) is 9.97. The van der Waals surface area contributed by atoms with Crippen LogP contribution >= 0.6 is 11.6 Å². The van der Waals surface area contributed by atoms with E-state index in [9.17, 15) is 14.3 Å². The number of nitrogens with one attached hydrogen (secondary N) is 1. The third-order valence-electron chi connectivity index (χ3n) is 3.86. The molecule has 4 nitrogen and oxygen atoms in total. The van der Waals surface area contributed by atoms with Crippen LogP contribution in [-0.4, -0.2) is 41.7 Å². The van der Waals surface area contributed by atoms with E-state index in [0.717, 1.165) is 25.7 Å². The lowest BCUT2D eigenvalue weighted by Gasteiger charge is -2.34. The summed E-state index contributed by atoms with van der Waals surface area (Å²) < 4.78 is 13.1. The molecule has 0 radical (unpaired) electrons. The van der Waals surface area contributed by atoms with Crippen LogP contribution in [0.2, 0.25) is 5.02 Å². The Morgan fingerprint density at radius 2 is 2.19 bits per heavy atom. The lowest BCUT2D eigenvalue weighted by molar-refractivity contribution is -0.118. The van der Waals surface area contributed by atoms with Gasteiger partial charge in [-0.1, -0.05) is 24.4 Å². The van der Waals surface area contributed by atoms with Gasteiger partial charge >= 0.3 is 0 Å². The van der Waals surface area contributed by atoms with E-state index in [1.54, 1.807) is 0 Å². The van der Waals surface area contributed by atoms with Crippen LogP contribution in [0.15, 0.2) is 18.2 Å². The van der Waals surface area contributed by atoms with Gasteiger partial charge in [0.05, 0.1) is 17.7 Å². The van der Waals surface area contributed by atoms with Gasteiger partial charge in [-0.2, -0.15) is 0 Å². The molecule has 0 bridgehead atoms. The molecule has 0 spiro atoms. The SMILES string of the molecule is CN(CC(=O)Nc1ccc(F)c(Cl)c1)C1CCCCC1O. The largest absolute Gasteiger partial charge is 0.391 e. The molecule has 1 aliphatic carbocycles. The van der Waals surface area contributed by atoms with Crippen LogP contribution in [0.3, 0.4) is 0 Å². The van der Waals surface area contributed by atoms with E-state index in [1.807, 2.05) is 11.9 Å². The van der Waals surface area contributed by atoms with Crippen molar-refractivity contribution in [3.63, 3.8) is 0 Å². The van der Waals surface area contributed by atoms with Crippen molar-refractivity contribution in [3.05, 3.63) is 29.0 Å². The first-order valence-corrected chi connectivity index (χ1v) is 7.48. The van der Waals surface area contributed by atoms with Crippen LogP contribution in [0.5, 0.6) is 0 Å². The maximum atomic E-state index is 13.1. The maximum absolute atomic E-state index is 13.1. The van der Waals surface area contributed by atoms with Crippen molar-refractivity contribution in [2.24, 2.45) is 0 Å². The van der Waals surface area contributed by atoms with Gasteiger partial charge in [-0.25, -0.2) is 4.39 Å². The van der Waals surface area contributed by atoms with Crippen molar-refractivity contribution in [2.45, 2.75) is 37.8 Å². The molecule has 1 fully saturated rings. The zero-order valence-corrected chi connectivity index (χ0v) is 12.7. The number of benzene rings is 1. The Balaban J connectivity index is 1.90. The summed E-state index contributed by atoms with van der Waals surface area (Å²) in [5.41, 5.74) is 0.462. The molecule has 6 heteroatoms. The molecular weight excluding hydrogens is 295 g/mol. The Kier molecular flexibility index (Phi) is 5.56. The Morgan fingerprint density at radius 1 is 1.48 bits per heavy atom. The average Bonchev–Trinajstić information content (AvgIpc) is 2.43. The minimum Gasteiger partial charge on any atom is -0.391 e. The number of hydrogen-bond donors (Lipinski definition) is 2. The monoisotopic (exact) mass is 314 g/mol. The predicted octanol–water partition coefficient (Wildman–Crippen LogP) is 2.65. The molecule has 0 aromatic heterocycles. The number of nitrogens with zero attached hydrogens (tertiary/aromatic N) is 1. The second kappa shape index (κ2) is 7.20. The van der Waals surface area contributed by atoms with E-state index in [0.29, 0.717) is 5.69 Å². The van der Waals surface area contributed by atoms with Gasteiger partial charge in [-0.3, -0.25) is 9.69 Å². The number of hydrogen-bond acceptors (Lipinski definition) is 3. The maximum Gasteiger partial charge on any atom is 0.238 e. The predicted molar refractivity (Wildman–Crippen MR) is 80.9 cm³/mol. The van der Waals surface area contributed by atoms with Gasteiger partial charge in [-0.15, -0.1) is 0 Å². The summed E-state index contributed by atoms with van der Waals surface area (Å²) in [6.45, 7) is 0.177. The van der Waals surface area contributed by atoms with E-state index < -0.39 is 5.82 Å². The number of amides is 1. The molecular formula is C15H20ClFN2O2. The number of rotatable bonds is 4. The topological polar surface area (TPSA) is 52.6 Å². The number of aliphatic hydroxyl groups is 1. The standard InChI is InChI=1S/C15H20ClFN2O2/c1-19(13-4-2-3-5-14(13)20)9-15(21)18-10-6-7-12(17)11(16)8-10/h6-8,13-14,20H,2-5,9H2,1H3,(H,18,21). The number of carbonyl (C=O) groups is 1. The normalized spacial score (nSPS) is 22.3. The van der Waals surface area contributed by atoms with Gasteiger partial charge in [0.2, 0.25) is 5.91 Å². The number of carbonyl (C=O) groups excluding carboxylic acids is 1. The summed E-state index contributed by atoms with van der Waals surface area (Å²) in [4.78, 5) is 13.9. The van der Waals surface area contributed by atoms with Gasteiger partial charge in [0.1, 0.15) is 5.82 Å². The summed E-state index contributed by atoms with van der Waals surface area (Å²) in [5, 5.41) is 12.6. The van der Waals surface area contributed by atoms with Gasteiger partial charge in [-0.05, 0) is 38.1 Å². The zero-order valence-electron chi connectivity index (χ0n) is 12.0. The lowest BCUT2D eigenvalue weighted by Crippen LogP contribution is -2.46. The molecule has 1 amide bonds. The smallest absolute Gasteiger partial charge is 0.238 e. The zero-order chi connectivity index (χ0) is 15.4. The van der Waals surface area contributed by atoms with Crippen LogP contribution < -0.4 is 5.32 Å². The molecule has 0 saturated heterocycles. The molecule has 2 atom stereocenters.